The number of ether oxygens (including phenoxy) is 2. The zero-order valence-electron chi connectivity index (χ0n) is 16.5. The van der Waals surface area contributed by atoms with E-state index >= 15 is 0 Å². The topological polar surface area (TPSA) is 65.4 Å². The van der Waals surface area contributed by atoms with Crippen LogP contribution in [0.5, 0.6) is 5.75 Å². The number of carbonyl (C=O) groups is 1. The van der Waals surface area contributed by atoms with E-state index in [4.69, 9.17) is 9.47 Å². The minimum atomic E-state index is -0.179. The molecule has 29 heavy (non-hydrogen) atoms. The first kappa shape index (κ1) is 19.2. The monoisotopic (exact) mass is 391 g/mol. The van der Waals surface area contributed by atoms with Crippen LogP contribution in [0.1, 0.15) is 34.3 Å². The summed E-state index contributed by atoms with van der Waals surface area (Å²) in [4.78, 5) is 12.6. The van der Waals surface area contributed by atoms with Gasteiger partial charge in [0.15, 0.2) is 0 Å². The van der Waals surface area contributed by atoms with Crippen LogP contribution in [0.4, 0.5) is 5.82 Å². The summed E-state index contributed by atoms with van der Waals surface area (Å²) in [7, 11) is 0. The number of aryl methyl sites for hydroxylation is 1. The molecule has 0 saturated carbocycles. The summed E-state index contributed by atoms with van der Waals surface area (Å²) in [6.07, 6.45) is 3.99. The second kappa shape index (κ2) is 8.92. The molecule has 0 bridgehead atoms. The fraction of sp³-hybridized carbons (Fsp3) is 0.304. The smallest absolute Gasteiger partial charge is 0.256 e. The molecule has 0 aliphatic carbocycles. The molecule has 6 heteroatoms. The second-order valence-electron chi connectivity index (χ2n) is 7.29. The molecule has 2 heterocycles. The number of anilines is 1. The third-order valence-corrected chi connectivity index (χ3v) is 4.95. The summed E-state index contributed by atoms with van der Waals surface area (Å²) in [6, 6.07) is 17.2. The summed E-state index contributed by atoms with van der Waals surface area (Å²) >= 11 is 0. The van der Waals surface area contributed by atoms with Gasteiger partial charge in [0.2, 0.25) is 0 Å². The molecule has 4 rings (SSSR count). The van der Waals surface area contributed by atoms with Crippen LogP contribution in [-0.2, 0) is 11.3 Å². The highest BCUT2D eigenvalue weighted by Gasteiger charge is 2.16. The van der Waals surface area contributed by atoms with Crippen LogP contribution in [0.25, 0.3) is 0 Å². The van der Waals surface area contributed by atoms with Gasteiger partial charge in [-0.2, -0.15) is 5.10 Å². The fourth-order valence-corrected chi connectivity index (χ4v) is 3.40. The van der Waals surface area contributed by atoms with Crippen molar-refractivity contribution < 1.29 is 14.3 Å². The van der Waals surface area contributed by atoms with E-state index in [1.165, 1.54) is 5.56 Å². The fourth-order valence-electron chi connectivity index (χ4n) is 3.40. The first-order valence-electron chi connectivity index (χ1n) is 9.90. The van der Waals surface area contributed by atoms with Gasteiger partial charge in [-0.25, -0.2) is 4.68 Å². The van der Waals surface area contributed by atoms with E-state index in [0.717, 1.165) is 30.8 Å². The number of benzene rings is 2. The average molecular weight is 391 g/mol. The Morgan fingerprint density at radius 3 is 2.86 bits per heavy atom. The molecule has 1 fully saturated rings. The Hall–Kier alpha value is -3.12. The first-order chi connectivity index (χ1) is 14.2. The second-order valence-corrected chi connectivity index (χ2v) is 7.29. The minimum Gasteiger partial charge on any atom is -0.491 e. The van der Waals surface area contributed by atoms with E-state index in [9.17, 15) is 4.79 Å². The van der Waals surface area contributed by atoms with E-state index in [1.807, 2.05) is 18.2 Å². The van der Waals surface area contributed by atoms with Crippen LogP contribution in [0, 0.1) is 6.92 Å². The van der Waals surface area contributed by atoms with Gasteiger partial charge in [0.1, 0.15) is 18.2 Å². The van der Waals surface area contributed by atoms with Crippen LogP contribution < -0.4 is 10.1 Å². The molecular weight excluding hydrogens is 366 g/mol. The predicted molar refractivity (Wildman–Crippen MR) is 111 cm³/mol. The number of nitrogens with one attached hydrogen (secondary N) is 1. The molecular formula is C23H25N3O3. The van der Waals surface area contributed by atoms with Crippen molar-refractivity contribution in [1.29, 1.82) is 0 Å². The number of nitrogens with zero attached hydrogens (tertiary/aromatic N) is 2. The Bertz CT molecular complexity index is 960. The minimum absolute atomic E-state index is 0.173. The zero-order valence-corrected chi connectivity index (χ0v) is 16.5. The van der Waals surface area contributed by atoms with Crippen LogP contribution in [0.15, 0.2) is 60.8 Å². The van der Waals surface area contributed by atoms with Crippen molar-refractivity contribution in [3.63, 3.8) is 0 Å². The Morgan fingerprint density at radius 1 is 1.24 bits per heavy atom. The molecule has 0 spiro atoms. The van der Waals surface area contributed by atoms with Gasteiger partial charge in [-0.05, 0) is 49.6 Å². The lowest BCUT2D eigenvalue weighted by atomic mass is 10.1. The lowest BCUT2D eigenvalue weighted by Crippen LogP contribution is -2.17. The Kier molecular flexibility index (Phi) is 5.91. The average Bonchev–Trinajstić information content (AvgIpc) is 3.39. The first-order valence-corrected chi connectivity index (χ1v) is 9.90. The van der Waals surface area contributed by atoms with Crippen molar-refractivity contribution in [2.45, 2.75) is 32.4 Å². The van der Waals surface area contributed by atoms with E-state index in [0.29, 0.717) is 24.5 Å². The van der Waals surface area contributed by atoms with Gasteiger partial charge in [-0.3, -0.25) is 4.79 Å². The standard InChI is InChI=1S/C23H25N3O3/c1-17-4-2-5-18(14-17)15-26-22(11-12-24-26)25-23(27)19-7-9-20(10-8-19)29-16-21-6-3-13-28-21/h2,4-5,7-12,14,21H,3,6,13,15-16H2,1H3,(H,25,27). The molecule has 3 aromatic rings. The number of amides is 1. The van der Waals surface area contributed by atoms with E-state index in [2.05, 4.69) is 35.5 Å². The number of aromatic nitrogens is 2. The summed E-state index contributed by atoms with van der Waals surface area (Å²) < 4.78 is 13.1. The molecule has 1 N–H and O–H groups in total. The third kappa shape index (κ3) is 5.03. The largest absolute Gasteiger partial charge is 0.491 e. The molecule has 1 atom stereocenters. The van der Waals surface area contributed by atoms with E-state index in [-0.39, 0.29) is 12.0 Å². The van der Waals surface area contributed by atoms with Crippen molar-refractivity contribution in [3.8, 4) is 5.75 Å². The lowest BCUT2D eigenvalue weighted by Gasteiger charge is -2.12. The Morgan fingerprint density at radius 2 is 2.10 bits per heavy atom. The quantitative estimate of drug-likeness (QED) is 0.660. The molecule has 0 radical (unpaired) electrons. The van der Waals surface area contributed by atoms with Crippen molar-refractivity contribution >= 4 is 11.7 Å². The van der Waals surface area contributed by atoms with Gasteiger partial charge >= 0.3 is 0 Å². The molecule has 1 aromatic heterocycles. The molecule has 1 unspecified atom stereocenters. The van der Waals surface area contributed by atoms with Crippen LogP contribution >= 0.6 is 0 Å². The van der Waals surface area contributed by atoms with Gasteiger partial charge < -0.3 is 14.8 Å². The lowest BCUT2D eigenvalue weighted by molar-refractivity contribution is 0.0679. The normalized spacial score (nSPS) is 16.0. The number of rotatable bonds is 7. The number of carbonyl (C=O) groups excluding carboxylic acids is 1. The van der Waals surface area contributed by atoms with Crippen LogP contribution in [-0.4, -0.2) is 35.0 Å². The number of hydrogen-bond acceptors (Lipinski definition) is 4. The Labute approximate surface area is 170 Å². The maximum Gasteiger partial charge on any atom is 0.256 e. The highest BCUT2D eigenvalue weighted by Crippen LogP contribution is 2.18. The van der Waals surface area contributed by atoms with Gasteiger partial charge in [-0.15, -0.1) is 0 Å². The third-order valence-electron chi connectivity index (χ3n) is 4.95. The maximum atomic E-state index is 12.6. The summed E-state index contributed by atoms with van der Waals surface area (Å²) in [5.74, 6) is 1.22. The molecule has 6 nitrogen and oxygen atoms in total. The van der Waals surface area contributed by atoms with Crippen molar-refractivity contribution in [3.05, 3.63) is 77.5 Å². The summed E-state index contributed by atoms with van der Waals surface area (Å²) in [6.45, 7) is 4.01. The zero-order chi connectivity index (χ0) is 20.1. The molecule has 2 aromatic carbocycles. The van der Waals surface area contributed by atoms with Gasteiger partial charge in [0.05, 0.1) is 18.8 Å². The molecule has 1 aliphatic rings. The Balaban J connectivity index is 1.36. The van der Waals surface area contributed by atoms with E-state index < -0.39 is 0 Å². The van der Waals surface area contributed by atoms with Crippen LogP contribution in [0.3, 0.4) is 0 Å². The molecule has 1 saturated heterocycles. The van der Waals surface area contributed by atoms with Gasteiger partial charge in [0, 0.05) is 18.2 Å². The van der Waals surface area contributed by atoms with Crippen LogP contribution in [0.2, 0.25) is 0 Å². The summed E-state index contributed by atoms with van der Waals surface area (Å²) in [5, 5.41) is 7.27. The van der Waals surface area contributed by atoms with Crippen molar-refractivity contribution in [2.75, 3.05) is 18.5 Å². The van der Waals surface area contributed by atoms with E-state index in [1.54, 1.807) is 29.1 Å². The number of hydrogen-bond donors (Lipinski definition) is 1. The summed E-state index contributed by atoms with van der Waals surface area (Å²) in [5.41, 5.74) is 2.90. The van der Waals surface area contributed by atoms with Crippen molar-refractivity contribution in [1.82, 2.24) is 9.78 Å². The highest BCUT2D eigenvalue weighted by atomic mass is 16.5. The maximum absolute atomic E-state index is 12.6. The molecule has 150 valence electrons. The molecule has 1 aliphatic heterocycles. The SMILES string of the molecule is Cc1cccc(Cn2nccc2NC(=O)c2ccc(OCC3CCCO3)cc2)c1. The predicted octanol–water partition coefficient (Wildman–Crippen LogP) is 4.05. The van der Waals surface area contributed by atoms with Crippen molar-refractivity contribution in [2.24, 2.45) is 0 Å². The van der Waals surface area contributed by atoms with Gasteiger partial charge in [0.25, 0.3) is 5.91 Å². The molecule has 1 amide bonds. The highest BCUT2D eigenvalue weighted by molar-refractivity contribution is 6.03. The van der Waals surface area contributed by atoms with Gasteiger partial charge in [-0.1, -0.05) is 29.8 Å².